The number of carbonyl (C=O) groups excluding carboxylic acids is 2. The largest absolute Gasteiger partial charge is 0.480 e. The lowest BCUT2D eigenvalue weighted by atomic mass is 10.1. The molecule has 13 nitrogen and oxygen atoms in total. The summed E-state index contributed by atoms with van der Waals surface area (Å²) >= 11 is 0. The van der Waals surface area contributed by atoms with Crippen LogP contribution in [-0.4, -0.2) is 58.3 Å². The summed E-state index contributed by atoms with van der Waals surface area (Å²) in [4.78, 5) is 41.6. The molecule has 1 aliphatic rings. The highest BCUT2D eigenvalue weighted by atomic mass is 16.6. The van der Waals surface area contributed by atoms with Crippen molar-refractivity contribution in [2.45, 2.75) is 25.3 Å². The van der Waals surface area contributed by atoms with E-state index in [2.05, 4.69) is 5.10 Å². The van der Waals surface area contributed by atoms with E-state index in [4.69, 9.17) is 21.0 Å². The van der Waals surface area contributed by atoms with E-state index in [9.17, 15) is 24.5 Å². The second kappa shape index (κ2) is 10.6. The predicted octanol–water partition coefficient (Wildman–Crippen LogP) is -0.399. The molecule has 2 heterocycles. The average molecular weight is 384 g/mol. The minimum atomic E-state index is -0.933. The van der Waals surface area contributed by atoms with E-state index in [-0.39, 0.29) is 12.3 Å². The van der Waals surface area contributed by atoms with Gasteiger partial charge >= 0.3 is 17.9 Å². The average Bonchev–Trinajstić information content (AvgIpc) is 3.20. The highest BCUT2D eigenvalue weighted by molar-refractivity contribution is 6.02. The number of amides is 3. The molecular formula is C14H20N6O7. The van der Waals surface area contributed by atoms with Crippen LogP contribution in [0.2, 0.25) is 0 Å². The molecular weight excluding hydrogens is 364 g/mol. The van der Waals surface area contributed by atoms with Gasteiger partial charge in [-0.05, 0) is 25.5 Å². The molecule has 1 unspecified atom stereocenters. The molecule has 0 bridgehead atoms. The molecule has 1 aliphatic heterocycles. The lowest BCUT2D eigenvalue weighted by Crippen LogP contribution is -2.29. The van der Waals surface area contributed by atoms with Crippen molar-refractivity contribution in [2.24, 2.45) is 16.6 Å². The van der Waals surface area contributed by atoms with E-state index < -0.39 is 34.8 Å². The van der Waals surface area contributed by atoms with Gasteiger partial charge in [-0.3, -0.25) is 25.0 Å². The van der Waals surface area contributed by atoms with Crippen LogP contribution in [0.1, 0.15) is 25.0 Å². The number of hydrogen-bond acceptors (Lipinski definition) is 9. The minimum absolute atomic E-state index is 0.115. The van der Waals surface area contributed by atoms with Crippen molar-refractivity contribution in [1.29, 1.82) is 0 Å². The Morgan fingerprint density at radius 2 is 2.19 bits per heavy atom. The zero-order valence-electron chi connectivity index (χ0n) is 14.2. The third kappa shape index (κ3) is 7.62. The molecule has 0 saturated carbocycles. The van der Waals surface area contributed by atoms with E-state index >= 15 is 0 Å². The number of carbonyl (C=O) groups is 3. The quantitative estimate of drug-likeness (QED) is 0.151. The lowest BCUT2D eigenvalue weighted by Gasteiger charge is -2.03. The van der Waals surface area contributed by atoms with E-state index in [1.54, 1.807) is 0 Å². The number of imide groups is 1. The number of hydrazone groups is 1. The van der Waals surface area contributed by atoms with Gasteiger partial charge in [0.1, 0.15) is 17.5 Å². The summed E-state index contributed by atoms with van der Waals surface area (Å²) in [5, 5.41) is 25.2. The Labute approximate surface area is 153 Å². The smallest absolute Gasteiger partial charge is 0.433 e. The Balaban J connectivity index is 0.000000314. The van der Waals surface area contributed by atoms with Gasteiger partial charge in [0.25, 0.3) is 0 Å². The maximum atomic E-state index is 11.1. The first-order chi connectivity index (χ1) is 12.7. The zero-order chi connectivity index (χ0) is 20.4. The van der Waals surface area contributed by atoms with Crippen molar-refractivity contribution in [1.82, 2.24) is 10.3 Å². The van der Waals surface area contributed by atoms with Gasteiger partial charge in [0.15, 0.2) is 5.76 Å². The number of furan rings is 1. The van der Waals surface area contributed by atoms with Crippen molar-refractivity contribution in [3.8, 4) is 0 Å². The Morgan fingerprint density at radius 1 is 1.48 bits per heavy atom. The van der Waals surface area contributed by atoms with Gasteiger partial charge in [-0.25, -0.2) is 9.80 Å². The van der Waals surface area contributed by atoms with Crippen LogP contribution in [-0.2, 0) is 9.59 Å². The van der Waals surface area contributed by atoms with Gasteiger partial charge < -0.3 is 21.0 Å². The van der Waals surface area contributed by atoms with Crippen LogP contribution < -0.4 is 16.8 Å². The van der Waals surface area contributed by atoms with Crippen LogP contribution in [0.15, 0.2) is 21.7 Å². The number of nitrogens with two attached hydrogens (primary N) is 2. The highest BCUT2D eigenvalue weighted by Gasteiger charge is 2.26. The zero-order valence-corrected chi connectivity index (χ0v) is 14.2. The number of carboxylic acid groups (broad SMARTS) is 1. The maximum absolute atomic E-state index is 11.1. The molecule has 1 atom stereocenters. The van der Waals surface area contributed by atoms with Crippen LogP contribution >= 0.6 is 0 Å². The maximum Gasteiger partial charge on any atom is 0.433 e. The van der Waals surface area contributed by atoms with E-state index in [1.807, 2.05) is 5.32 Å². The summed E-state index contributed by atoms with van der Waals surface area (Å²) in [5.41, 5.74) is 10.4. The van der Waals surface area contributed by atoms with Crippen molar-refractivity contribution < 1.29 is 28.8 Å². The van der Waals surface area contributed by atoms with Gasteiger partial charge in [-0.2, -0.15) is 5.10 Å². The lowest BCUT2D eigenvalue weighted by molar-refractivity contribution is -0.402. The monoisotopic (exact) mass is 384 g/mol. The van der Waals surface area contributed by atoms with Crippen LogP contribution in [0, 0.1) is 10.1 Å². The summed E-state index contributed by atoms with van der Waals surface area (Å²) in [7, 11) is 0. The van der Waals surface area contributed by atoms with E-state index in [0.717, 1.165) is 30.1 Å². The van der Waals surface area contributed by atoms with E-state index in [0.29, 0.717) is 13.0 Å². The number of urea groups is 1. The van der Waals surface area contributed by atoms with Gasteiger partial charge in [0, 0.05) is 0 Å². The van der Waals surface area contributed by atoms with Gasteiger partial charge in [-0.15, -0.1) is 0 Å². The van der Waals surface area contributed by atoms with Crippen molar-refractivity contribution in [2.75, 3.05) is 13.1 Å². The van der Waals surface area contributed by atoms with Crippen molar-refractivity contribution in [3.63, 3.8) is 0 Å². The molecule has 1 saturated heterocycles. The molecule has 0 spiro atoms. The summed E-state index contributed by atoms with van der Waals surface area (Å²) in [6.45, 7) is 0.421. The molecule has 148 valence electrons. The fourth-order valence-corrected chi connectivity index (χ4v) is 1.79. The van der Waals surface area contributed by atoms with Gasteiger partial charge in [-0.1, -0.05) is 6.42 Å². The molecule has 2 rings (SSSR count). The number of hydrogen-bond donors (Lipinski definition) is 4. The Kier molecular flexibility index (Phi) is 8.55. The third-order valence-electron chi connectivity index (χ3n) is 3.18. The molecule has 6 N–H and O–H groups in total. The first kappa shape index (κ1) is 21.7. The Morgan fingerprint density at radius 3 is 2.67 bits per heavy atom. The second-order valence-corrected chi connectivity index (χ2v) is 5.32. The molecule has 1 aromatic heterocycles. The van der Waals surface area contributed by atoms with Gasteiger partial charge in [0.2, 0.25) is 5.91 Å². The number of unbranched alkanes of at least 4 members (excludes halogenated alkanes) is 1. The van der Waals surface area contributed by atoms with Crippen molar-refractivity contribution in [3.05, 3.63) is 28.0 Å². The standard InChI is InChI=1S/C8H6N4O5.C6H14N2O2/c13-6-4-11(8(14)10-6)9-3-5-1-2-7(17-5)12(15)16;7-4-2-1-3-5(8)6(9)10/h1-3H,4H2,(H,10,13,14);5H,1-4,7-8H2,(H,9,10)/b9-3+;. The number of rotatable bonds is 8. The fraction of sp³-hybridized carbons (Fsp3) is 0.429. The molecule has 3 amide bonds. The predicted molar refractivity (Wildman–Crippen MR) is 91.7 cm³/mol. The Bertz CT molecular complexity index is 717. The molecule has 0 radical (unpaired) electrons. The molecule has 27 heavy (non-hydrogen) atoms. The Hall–Kier alpha value is -3.32. The van der Waals surface area contributed by atoms with Gasteiger partial charge in [0.05, 0.1) is 12.3 Å². The minimum Gasteiger partial charge on any atom is -0.480 e. The van der Waals surface area contributed by atoms with Crippen LogP contribution in [0.5, 0.6) is 0 Å². The molecule has 1 aromatic rings. The van der Waals surface area contributed by atoms with Crippen LogP contribution in [0.3, 0.4) is 0 Å². The normalized spacial score (nSPS) is 14.7. The SMILES string of the molecule is NCCCCC(N)C(=O)O.O=C1CN(/N=C/c2ccc([N+](=O)[O-])o2)C(=O)N1. The number of aliphatic carboxylic acids is 1. The summed E-state index contributed by atoms with van der Waals surface area (Å²) in [6.07, 6.45) is 3.28. The molecule has 0 aromatic carbocycles. The van der Waals surface area contributed by atoms with E-state index in [1.165, 1.54) is 6.07 Å². The summed E-state index contributed by atoms with van der Waals surface area (Å²) in [6, 6.07) is 1.13. The summed E-state index contributed by atoms with van der Waals surface area (Å²) in [5.74, 6) is -1.70. The van der Waals surface area contributed by atoms with Crippen molar-refractivity contribution >= 4 is 30.0 Å². The molecule has 13 heteroatoms. The number of nitrogens with one attached hydrogen (secondary N) is 1. The molecule has 0 aliphatic carbocycles. The topological polar surface area (TPSA) is 207 Å². The number of nitrogens with zero attached hydrogens (tertiary/aromatic N) is 3. The number of nitro groups is 1. The third-order valence-corrected chi connectivity index (χ3v) is 3.18. The summed E-state index contributed by atoms with van der Waals surface area (Å²) < 4.78 is 4.78. The molecule has 1 fully saturated rings. The highest BCUT2D eigenvalue weighted by Crippen LogP contribution is 2.14. The number of carboxylic acids is 1. The van der Waals surface area contributed by atoms with Crippen LogP contribution in [0.25, 0.3) is 0 Å². The van der Waals surface area contributed by atoms with Crippen LogP contribution in [0.4, 0.5) is 10.7 Å². The first-order valence-electron chi connectivity index (χ1n) is 7.82. The second-order valence-electron chi connectivity index (χ2n) is 5.32. The first-order valence-corrected chi connectivity index (χ1v) is 7.82. The fourth-order valence-electron chi connectivity index (χ4n) is 1.79.